The fourth-order valence-electron chi connectivity index (χ4n) is 3.87. The quantitative estimate of drug-likeness (QED) is 0.356. The summed E-state index contributed by atoms with van der Waals surface area (Å²) in [6.07, 6.45) is 1.59. The van der Waals surface area contributed by atoms with Crippen LogP contribution in [-0.2, 0) is 9.59 Å². The minimum Gasteiger partial charge on any atom is -0.507 e. The molecule has 0 radical (unpaired) electrons. The zero-order valence-corrected chi connectivity index (χ0v) is 18.9. The number of carbonyl (C=O) groups excluding carboxylic acids is 2. The molecule has 2 aromatic rings. The van der Waals surface area contributed by atoms with E-state index in [0.29, 0.717) is 36.0 Å². The second kappa shape index (κ2) is 10.2. The van der Waals surface area contributed by atoms with E-state index in [1.165, 1.54) is 19.1 Å². The smallest absolute Gasteiger partial charge is 0.295 e. The molecule has 0 aliphatic carbocycles. The van der Waals surface area contributed by atoms with E-state index in [1.54, 1.807) is 24.3 Å². The number of aliphatic hydroxyl groups excluding tert-OH is 1. The monoisotopic (exact) mass is 439 g/mol. The van der Waals surface area contributed by atoms with Gasteiger partial charge in [-0.1, -0.05) is 25.5 Å². The van der Waals surface area contributed by atoms with Crippen LogP contribution in [-0.4, -0.2) is 49.1 Å². The van der Waals surface area contributed by atoms with Crippen molar-refractivity contribution in [2.24, 2.45) is 0 Å². The van der Waals surface area contributed by atoms with Gasteiger partial charge in [0.2, 0.25) is 0 Å². The largest absolute Gasteiger partial charge is 0.507 e. The lowest BCUT2D eigenvalue weighted by atomic mass is 9.94. The van der Waals surface area contributed by atoms with Gasteiger partial charge in [-0.3, -0.25) is 9.59 Å². The minimum absolute atomic E-state index is 0.0197. The van der Waals surface area contributed by atoms with Gasteiger partial charge in [0.1, 0.15) is 23.0 Å². The molecule has 1 saturated heterocycles. The van der Waals surface area contributed by atoms with E-state index in [9.17, 15) is 14.7 Å². The number of hydrogen-bond acceptors (Lipinski definition) is 6. The van der Waals surface area contributed by atoms with Gasteiger partial charge >= 0.3 is 0 Å². The molecule has 1 aliphatic heterocycles. The standard InChI is InChI=1S/C25H29NO6/c1-5-7-13-26-22(16-9-8-10-18(14-16)32-6-2)21(24(28)25(26)29)23(27)19-15-17(30-3)11-12-20(19)31-4/h8-12,14-15,22,27H,5-7,13H2,1-4H3/b23-21+. The predicted octanol–water partition coefficient (Wildman–Crippen LogP) is 4.32. The van der Waals surface area contributed by atoms with Gasteiger partial charge < -0.3 is 24.2 Å². The second-order valence-electron chi connectivity index (χ2n) is 7.42. The summed E-state index contributed by atoms with van der Waals surface area (Å²) in [6, 6.07) is 11.4. The number of likely N-dealkylation sites (tertiary alicyclic amines) is 1. The maximum absolute atomic E-state index is 13.1. The number of aliphatic hydroxyl groups is 1. The van der Waals surface area contributed by atoms with E-state index < -0.39 is 17.7 Å². The lowest BCUT2D eigenvalue weighted by molar-refractivity contribution is -0.139. The van der Waals surface area contributed by atoms with Crippen molar-refractivity contribution in [2.45, 2.75) is 32.7 Å². The number of nitrogens with zero attached hydrogens (tertiary/aromatic N) is 1. The number of benzene rings is 2. The summed E-state index contributed by atoms with van der Waals surface area (Å²) in [7, 11) is 2.98. The van der Waals surface area contributed by atoms with Crippen LogP contribution < -0.4 is 14.2 Å². The van der Waals surface area contributed by atoms with E-state index in [-0.39, 0.29) is 16.9 Å². The van der Waals surface area contributed by atoms with Crippen molar-refractivity contribution in [1.29, 1.82) is 0 Å². The second-order valence-corrected chi connectivity index (χ2v) is 7.42. The zero-order chi connectivity index (χ0) is 23.3. The van der Waals surface area contributed by atoms with Crippen LogP contribution in [0.4, 0.5) is 0 Å². The number of methoxy groups -OCH3 is 2. The van der Waals surface area contributed by atoms with Crippen LogP contribution in [0.5, 0.6) is 17.2 Å². The first-order valence-corrected chi connectivity index (χ1v) is 10.7. The zero-order valence-electron chi connectivity index (χ0n) is 18.9. The normalized spacial score (nSPS) is 17.5. The van der Waals surface area contributed by atoms with Crippen molar-refractivity contribution in [2.75, 3.05) is 27.4 Å². The Kier molecular flexibility index (Phi) is 7.41. The third-order valence-corrected chi connectivity index (χ3v) is 5.44. The van der Waals surface area contributed by atoms with E-state index in [2.05, 4.69) is 0 Å². The van der Waals surface area contributed by atoms with E-state index in [1.807, 2.05) is 32.0 Å². The summed E-state index contributed by atoms with van der Waals surface area (Å²) >= 11 is 0. The molecule has 0 spiro atoms. The number of carbonyl (C=O) groups is 2. The fraction of sp³-hybridized carbons (Fsp3) is 0.360. The van der Waals surface area contributed by atoms with Crippen LogP contribution in [0.25, 0.3) is 5.76 Å². The maximum Gasteiger partial charge on any atom is 0.295 e. The van der Waals surface area contributed by atoms with Crippen LogP contribution in [0.15, 0.2) is 48.0 Å². The SMILES string of the molecule is CCCCN1C(=O)C(=O)/C(=C(/O)c2cc(OC)ccc2OC)C1c1cccc(OCC)c1. The van der Waals surface area contributed by atoms with Gasteiger partial charge in [0.25, 0.3) is 11.7 Å². The number of unbranched alkanes of at least 4 members (excludes halogenated alkanes) is 1. The van der Waals surface area contributed by atoms with Crippen molar-refractivity contribution in [3.63, 3.8) is 0 Å². The molecule has 7 heteroatoms. The highest BCUT2D eigenvalue weighted by atomic mass is 16.5. The topological polar surface area (TPSA) is 85.3 Å². The molecule has 0 saturated carbocycles. The first-order valence-electron chi connectivity index (χ1n) is 10.7. The average molecular weight is 440 g/mol. The average Bonchev–Trinajstić information content (AvgIpc) is 3.07. The summed E-state index contributed by atoms with van der Waals surface area (Å²) in [6.45, 7) is 4.79. The Morgan fingerprint density at radius 1 is 1.03 bits per heavy atom. The van der Waals surface area contributed by atoms with Gasteiger partial charge in [-0.25, -0.2) is 0 Å². The molecular weight excluding hydrogens is 410 g/mol. The van der Waals surface area contributed by atoms with Crippen LogP contribution in [0.3, 0.4) is 0 Å². The van der Waals surface area contributed by atoms with Gasteiger partial charge in [-0.05, 0) is 49.2 Å². The highest BCUT2D eigenvalue weighted by Gasteiger charge is 2.46. The molecule has 1 fully saturated rings. The van der Waals surface area contributed by atoms with Crippen LogP contribution >= 0.6 is 0 Å². The highest BCUT2D eigenvalue weighted by molar-refractivity contribution is 6.46. The van der Waals surface area contributed by atoms with Crippen molar-refractivity contribution >= 4 is 17.4 Å². The Hall–Kier alpha value is -3.48. The lowest BCUT2D eigenvalue weighted by Gasteiger charge is -2.25. The van der Waals surface area contributed by atoms with Crippen LogP contribution in [0, 0.1) is 0 Å². The van der Waals surface area contributed by atoms with Gasteiger partial charge in [0.05, 0.1) is 38.0 Å². The summed E-state index contributed by atoms with van der Waals surface area (Å²) in [5.74, 6) is -0.175. The van der Waals surface area contributed by atoms with Crippen molar-refractivity contribution in [3.05, 3.63) is 59.2 Å². The van der Waals surface area contributed by atoms with Crippen molar-refractivity contribution in [3.8, 4) is 17.2 Å². The molecule has 1 heterocycles. The molecule has 1 aliphatic rings. The molecule has 0 aromatic heterocycles. The summed E-state index contributed by atoms with van der Waals surface area (Å²) < 4.78 is 16.3. The number of hydrogen-bond donors (Lipinski definition) is 1. The third kappa shape index (κ3) is 4.42. The Morgan fingerprint density at radius 3 is 2.47 bits per heavy atom. The first-order chi connectivity index (χ1) is 15.5. The lowest BCUT2D eigenvalue weighted by Crippen LogP contribution is -2.30. The van der Waals surface area contributed by atoms with Gasteiger partial charge in [0, 0.05) is 6.54 Å². The molecule has 32 heavy (non-hydrogen) atoms. The van der Waals surface area contributed by atoms with Crippen molar-refractivity contribution < 1.29 is 28.9 Å². The molecular formula is C25H29NO6. The van der Waals surface area contributed by atoms with Gasteiger partial charge in [-0.2, -0.15) is 0 Å². The Bertz CT molecular complexity index is 1030. The Balaban J connectivity index is 2.22. The Morgan fingerprint density at radius 2 is 1.81 bits per heavy atom. The van der Waals surface area contributed by atoms with Crippen LogP contribution in [0.1, 0.15) is 43.9 Å². The molecule has 170 valence electrons. The molecule has 2 aromatic carbocycles. The molecule has 7 nitrogen and oxygen atoms in total. The van der Waals surface area contributed by atoms with Gasteiger partial charge in [-0.15, -0.1) is 0 Å². The summed E-state index contributed by atoms with van der Waals surface area (Å²) in [5.41, 5.74) is 0.993. The first kappa shape index (κ1) is 23.2. The van der Waals surface area contributed by atoms with E-state index in [0.717, 1.165) is 12.8 Å². The summed E-state index contributed by atoms with van der Waals surface area (Å²) in [5, 5.41) is 11.3. The molecule has 1 amide bonds. The third-order valence-electron chi connectivity index (χ3n) is 5.44. The maximum atomic E-state index is 13.1. The fourth-order valence-corrected chi connectivity index (χ4v) is 3.87. The molecule has 3 rings (SSSR count). The van der Waals surface area contributed by atoms with Crippen LogP contribution in [0.2, 0.25) is 0 Å². The Labute approximate surface area is 188 Å². The van der Waals surface area contributed by atoms with E-state index >= 15 is 0 Å². The summed E-state index contributed by atoms with van der Waals surface area (Å²) in [4.78, 5) is 27.6. The molecule has 1 N–H and O–H groups in total. The predicted molar refractivity (Wildman–Crippen MR) is 121 cm³/mol. The number of ketones is 1. The number of Topliss-reactive ketones (excluding diaryl/α,β-unsaturated/α-hetero) is 1. The minimum atomic E-state index is -0.738. The molecule has 0 bridgehead atoms. The molecule has 1 unspecified atom stereocenters. The number of amides is 1. The van der Waals surface area contributed by atoms with Crippen molar-refractivity contribution in [1.82, 2.24) is 4.90 Å². The number of rotatable bonds is 9. The van der Waals surface area contributed by atoms with E-state index in [4.69, 9.17) is 14.2 Å². The highest BCUT2D eigenvalue weighted by Crippen LogP contribution is 2.42. The molecule has 1 atom stereocenters. The van der Waals surface area contributed by atoms with Gasteiger partial charge in [0.15, 0.2) is 0 Å². The number of ether oxygens (including phenoxy) is 3.